The molecule has 16 heavy (non-hydrogen) atoms. The Kier molecular flexibility index (Phi) is 4.37. The maximum atomic E-state index is 11.8. The third-order valence-corrected chi connectivity index (χ3v) is 4.29. The first-order chi connectivity index (χ1) is 7.75. The van der Waals surface area contributed by atoms with Gasteiger partial charge >= 0.3 is 0 Å². The van der Waals surface area contributed by atoms with Gasteiger partial charge in [-0.15, -0.1) is 11.3 Å². The van der Waals surface area contributed by atoms with Gasteiger partial charge in [-0.1, -0.05) is 0 Å². The Morgan fingerprint density at radius 2 is 2.56 bits per heavy atom. The Morgan fingerprint density at radius 1 is 1.69 bits per heavy atom. The second-order valence-corrected chi connectivity index (χ2v) is 5.77. The third kappa shape index (κ3) is 3.30. The zero-order valence-corrected chi connectivity index (χ0v) is 11.3. The predicted octanol–water partition coefficient (Wildman–Crippen LogP) is 2.55. The van der Waals surface area contributed by atoms with Gasteiger partial charge in [-0.25, -0.2) is 0 Å². The molecule has 3 nitrogen and oxygen atoms in total. The van der Waals surface area contributed by atoms with Gasteiger partial charge in [0.1, 0.15) is 0 Å². The molecule has 0 spiro atoms. The number of rotatable bonds is 3. The van der Waals surface area contributed by atoms with E-state index in [9.17, 15) is 4.79 Å². The SMILES string of the molecule is O=C(NCc1cc(Br)cs1)C1CCCOC1. The zero-order chi connectivity index (χ0) is 11.4. The molecule has 1 unspecified atom stereocenters. The molecular weight excluding hydrogens is 290 g/mol. The first-order valence-electron chi connectivity index (χ1n) is 5.34. The Labute approximate surface area is 107 Å². The zero-order valence-electron chi connectivity index (χ0n) is 8.87. The average molecular weight is 304 g/mol. The van der Waals surface area contributed by atoms with Crippen LogP contribution in [0.1, 0.15) is 17.7 Å². The van der Waals surface area contributed by atoms with E-state index in [-0.39, 0.29) is 11.8 Å². The van der Waals surface area contributed by atoms with Gasteiger partial charge < -0.3 is 10.1 Å². The molecule has 1 fully saturated rings. The molecule has 0 saturated carbocycles. The number of carbonyl (C=O) groups excluding carboxylic acids is 1. The number of halogens is 1. The van der Waals surface area contributed by atoms with Crippen LogP contribution >= 0.6 is 27.3 Å². The number of ether oxygens (including phenoxy) is 1. The molecule has 1 saturated heterocycles. The van der Waals surface area contributed by atoms with Crippen LogP contribution in [0.15, 0.2) is 15.9 Å². The van der Waals surface area contributed by atoms with Gasteiger partial charge in [-0.3, -0.25) is 4.79 Å². The minimum atomic E-state index is 0.0390. The van der Waals surface area contributed by atoms with Gasteiger partial charge in [0.2, 0.25) is 5.91 Å². The molecule has 1 N–H and O–H groups in total. The average Bonchev–Trinajstić information content (AvgIpc) is 2.73. The normalized spacial score (nSPS) is 20.7. The lowest BCUT2D eigenvalue weighted by Crippen LogP contribution is -2.35. The monoisotopic (exact) mass is 303 g/mol. The number of thiophene rings is 1. The van der Waals surface area contributed by atoms with Crippen LogP contribution in [-0.4, -0.2) is 19.1 Å². The van der Waals surface area contributed by atoms with E-state index in [1.54, 1.807) is 11.3 Å². The van der Waals surface area contributed by atoms with Gasteiger partial charge in [-0.2, -0.15) is 0 Å². The van der Waals surface area contributed by atoms with Crippen LogP contribution in [0.3, 0.4) is 0 Å². The molecule has 1 aliphatic heterocycles. The van der Waals surface area contributed by atoms with Crippen molar-refractivity contribution >= 4 is 33.2 Å². The molecule has 88 valence electrons. The van der Waals surface area contributed by atoms with Crippen molar-refractivity contribution < 1.29 is 9.53 Å². The van der Waals surface area contributed by atoms with Crippen LogP contribution in [0.5, 0.6) is 0 Å². The van der Waals surface area contributed by atoms with Gasteiger partial charge in [0, 0.05) is 21.3 Å². The lowest BCUT2D eigenvalue weighted by atomic mass is 10.0. The maximum absolute atomic E-state index is 11.8. The van der Waals surface area contributed by atoms with Crippen LogP contribution < -0.4 is 5.32 Å². The number of hydrogen-bond donors (Lipinski definition) is 1. The van der Waals surface area contributed by atoms with Crippen molar-refractivity contribution in [1.82, 2.24) is 5.32 Å². The van der Waals surface area contributed by atoms with Gasteiger partial charge in [0.25, 0.3) is 0 Å². The Balaban J connectivity index is 1.78. The lowest BCUT2D eigenvalue weighted by Gasteiger charge is -2.20. The number of carbonyl (C=O) groups is 1. The molecule has 0 aliphatic carbocycles. The Morgan fingerprint density at radius 3 is 3.19 bits per heavy atom. The number of nitrogens with one attached hydrogen (secondary N) is 1. The van der Waals surface area contributed by atoms with Crippen molar-refractivity contribution in [3.05, 3.63) is 20.8 Å². The highest BCUT2D eigenvalue weighted by Gasteiger charge is 2.21. The van der Waals surface area contributed by atoms with E-state index >= 15 is 0 Å². The molecule has 1 amide bonds. The summed E-state index contributed by atoms with van der Waals surface area (Å²) in [4.78, 5) is 12.9. The van der Waals surface area contributed by atoms with E-state index in [2.05, 4.69) is 21.2 Å². The molecule has 1 atom stereocenters. The highest BCUT2D eigenvalue weighted by molar-refractivity contribution is 9.10. The summed E-state index contributed by atoms with van der Waals surface area (Å²) in [6, 6.07) is 2.03. The fraction of sp³-hybridized carbons (Fsp3) is 0.545. The van der Waals surface area contributed by atoms with Crippen LogP contribution in [0.25, 0.3) is 0 Å². The first kappa shape index (κ1) is 12.1. The van der Waals surface area contributed by atoms with E-state index in [0.29, 0.717) is 13.2 Å². The minimum absolute atomic E-state index is 0.0390. The van der Waals surface area contributed by atoms with E-state index in [0.717, 1.165) is 28.8 Å². The molecular formula is C11H14BrNO2S. The van der Waals surface area contributed by atoms with Crippen LogP contribution in [0, 0.1) is 5.92 Å². The van der Waals surface area contributed by atoms with E-state index < -0.39 is 0 Å². The summed E-state index contributed by atoms with van der Waals surface area (Å²) in [6.45, 7) is 1.98. The summed E-state index contributed by atoms with van der Waals surface area (Å²) >= 11 is 5.04. The smallest absolute Gasteiger partial charge is 0.225 e. The first-order valence-corrected chi connectivity index (χ1v) is 7.01. The topological polar surface area (TPSA) is 38.3 Å². The summed E-state index contributed by atoms with van der Waals surface area (Å²) in [5.74, 6) is 0.154. The third-order valence-electron chi connectivity index (χ3n) is 2.59. The summed E-state index contributed by atoms with van der Waals surface area (Å²) < 4.78 is 6.37. The van der Waals surface area contributed by atoms with E-state index in [1.165, 1.54) is 0 Å². The fourth-order valence-electron chi connectivity index (χ4n) is 1.71. The van der Waals surface area contributed by atoms with Crippen LogP contribution in [0.4, 0.5) is 0 Å². The van der Waals surface area contributed by atoms with Crippen molar-refractivity contribution in [2.24, 2.45) is 5.92 Å². The molecule has 1 aromatic heterocycles. The summed E-state index contributed by atoms with van der Waals surface area (Å²) in [7, 11) is 0. The van der Waals surface area contributed by atoms with Gasteiger partial charge in [-0.05, 0) is 34.8 Å². The molecule has 5 heteroatoms. The van der Waals surface area contributed by atoms with Crippen molar-refractivity contribution in [3.63, 3.8) is 0 Å². The van der Waals surface area contributed by atoms with E-state index in [1.807, 2.05) is 11.4 Å². The summed E-state index contributed by atoms with van der Waals surface area (Å²) in [6.07, 6.45) is 1.93. The standard InChI is InChI=1S/C11H14BrNO2S/c12-9-4-10(16-7-9)5-13-11(14)8-2-1-3-15-6-8/h4,7-8H,1-3,5-6H2,(H,13,14). The van der Waals surface area contributed by atoms with E-state index in [4.69, 9.17) is 4.74 Å². The lowest BCUT2D eigenvalue weighted by molar-refractivity contribution is -0.129. The molecule has 2 rings (SSSR count). The molecule has 1 aromatic rings. The molecule has 1 aliphatic rings. The summed E-state index contributed by atoms with van der Waals surface area (Å²) in [5, 5.41) is 4.97. The van der Waals surface area contributed by atoms with Crippen molar-refractivity contribution in [1.29, 1.82) is 0 Å². The van der Waals surface area contributed by atoms with Crippen molar-refractivity contribution in [3.8, 4) is 0 Å². The van der Waals surface area contributed by atoms with Crippen molar-refractivity contribution in [2.75, 3.05) is 13.2 Å². The largest absolute Gasteiger partial charge is 0.381 e. The molecule has 0 aromatic carbocycles. The second-order valence-electron chi connectivity index (χ2n) is 3.86. The fourth-order valence-corrected chi connectivity index (χ4v) is 3.10. The van der Waals surface area contributed by atoms with Crippen LogP contribution in [-0.2, 0) is 16.1 Å². The quantitative estimate of drug-likeness (QED) is 0.932. The van der Waals surface area contributed by atoms with Crippen molar-refractivity contribution in [2.45, 2.75) is 19.4 Å². The Bertz CT molecular complexity index is 361. The Hall–Kier alpha value is -0.390. The second kappa shape index (κ2) is 5.80. The predicted molar refractivity (Wildman–Crippen MR) is 67.4 cm³/mol. The number of amides is 1. The minimum Gasteiger partial charge on any atom is -0.381 e. The molecule has 2 heterocycles. The highest BCUT2D eigenvalue weighted by atomic mass is 79.9. The van der Waals surface area contributed by atoms with Gasteiger partial charge in [0.15, 0.2) is 0 Å². The molecule has 0 bridgehead atoms. The summed E-state index contributed by atoms with van der Waals surface area (Å²) in [5.41, 5.74) is 0. The number of hydrogen-bond acceptors (Lipinski definition) is 3. The maximum Gasteiger partial charge on any atom is 0.225 e. The van der Waals surface area contributed by atoms with Crippen LogP contribution in [0.2, 0.25) is 0 Å². The molecule has 0 radical (unpaired) electrons. The highest BCUT2D eigenvalue weighted by Crippen LogP contribution is 2.20. The van der Waals surface area contributed by atoms with Gasteiger partial charge in [0.05, 0.1) is 19.1 Å².